The number of fused-ring (bicyclic) bond motifs is 3. The lowest BCUT2D eigenvalue weighted by atomic mass is 10.1. The van der Waals surface area contributed by atoms with E-state index in [0.29, 0.717) is 16.5 Å². The number of para-hydroxylation sites is 1. The molecule has 3 heterocycles. The second-order valence-corrected chi connectivity index (χ2v) is 6.15. The van der Waals surface area contributed by atoms with Gasteiger partial charge in [0.15, 0.2) is 0 Å². The molecule has 0 aliphatic heterocycles. The van der Waals surface area contributed by atoms with Crippen molar-refractivity contribution < 1.29 is 13.2 Å². The number of halogens is 3. The monoisotopic (exact) mass is 377 g/mol. The molecule has 0 saturated carbocycles. The van der Waals surface area contributed by atoms with Gasteiger partial charge in [0.1, 0.15) is 0 Å². The van der Waals surface area contributed by atoms with Crippen LogP contribution in [0.3, 0.4) is 0 Å². The van der Waals surface area contributed by atoms with Crippen LogP contribution in [0.2, 0.25) is 0 Å². The van der Waals surface area contributed by atoms with Crippen LogP contribution in [-0.4, -0.2) is 30.4 Å². The lowest BCUT2D eigenvalue weighted by Gasteiger charge is -2.14. The van der Waals surface area contributed by atoms with Gasteiger partial charge < -0.3 is 0 Å². The van der Waals surface area contributed by atoms with E-state index in [2.05, 4.69) is 15.1 Å². The van der Waals surface area contributed by atoms with E-state index >= 15 is 0 Å². The van der Waals surface area contributed by atoms with Gasteiger partial charge in [0.25, 0.3) is 11.3 Å². The third-order valence-electron chi connectivity index (χ3n) is 3.87. The van der Waals surface area contributed by atoms with Gasteiger partial charge in [-0.05, 0) is 24.5 Å². The van der Waals surface area contributed by atoms with Gasteiger partial charge >= 0.3 is 6.18 Å². The van der Waals surface area contributed by atoms with Crippen molar-refractivity contribution in [2.75, 3.05) is 6.26 Å². The summed E-state index contributed by atoms with van der Waals surface area (Å²) in [7, 11) is 0. The van der Waals surface area contributed by atoms with Crippen molar-refractivity contribution in [3.05, 3.63) is 58.6 Å². The number of nitrogens with zero attached hydrogens (tertiary/aromatic N) is 5. The maximum atomic E-state index is 13.3. The number of hydrogen-bond acceptors (Lipinski definition) is 5. The average molecular weight is 377 g/mol. The Labute approximate surface area is 148 Å². The van der Waals surface area contributed by atoms with E-state index in [-0.39, 0.29) is 11.1 Å². The molecular weight excluding hydrogens is 367 g/mol. The summed E-state index contributed by atoms with van der Waals surface area (Å²) in [5.41, 5.74) is -1.32. The number of benzene rings is 1. The Kier molecular flexibility index (Phi) is 3.72. The molecule has 0 unspecified atom stereocenters. The zero-order valence-corrected chi connectivity index (χ0v) is 14.0. The summed E-state index contributed by atoms with van der Waals surface area (Å²) in [6.07, 6.45) is -0.169. The molecule has 0 saturated heterocycles. The van der Waals surface area contributed by atoms with E-state index in [1.807, 2.05) is 0 Å². The van der Waals surface area contributed by atoms with Gasteiger partial charge in [0.2, 0.25) is 5.16 Å². The number of rotatable bonds is 2. The van der Waals surface area contributed by atoms with E-state index in [1.165, 1.54) is 52.9 Å². The number of aromatic nitrogens is 5. The first-order valence-electron chi connectivity index (χ1n) is 7.38. The van der Waals surface area contributed by atoms with Crippen LogP contribution >= 0.6 is 11.8 Å². The van der Waals surface area contributed by atoms with Gasteiger partial charge in [0, 0.05) is 12.4 Å². The molecule has 0 aliphatic rings. The van der Waals surface area contributed by atoms with Crippen molar-refractivity contribution >= 4 is 28.4 Å². The van der Waals surface area contributed by atoms with E-state index in [0.717, 1.165) is 10.6 Å². The molecule has 1 aromatic carbocycles. The van der Waals surface area contributed by atoms with Gasteiger partial charge in [-0.1, -0.05) is 23.9 Å². The van der Waals surface area contributed by atoms with Crippen molar-refractivity contribution in [1.82, 2.24) is 24.1 Å². The number of thioether (sulfide) groups is 1. The highest BCUT2D eigenvalue weighted by atomic mass is 32.2. The minimum atomic E-state index is -4.58. The largest absolute Gasteiger partial charge is 0.418 e. The number of alkyl halides is 3. The molecule has 6 nitrogen and oxygen atoms in total. The fraction of sp³-hybridized carbons (Fsp3) is 0.125. The second-order valence-electron chi connectivity index (χ2n) is 5.37. The Morgan fingerprint density at radius 3 is 2.65 bits per heavy atom. The molecule has 10 heteroatoms. The van der Waals surface area contributed by atoms with Crippen molar-refractivity contribution in [3.63, 3.8) is 0 Å². The quantitative estimate of drug-likeness (QED) is 0.502. The smallest absolute Gasteiger partial charge is 0.283 e. The summed E-state index contributed by atoms with van der Waals surface area (Å²) in [6, 6.07) is 6.45. The molecule has 0 amide bonds. The van der Waals surface area contributed by atoms with E-state index in [9.17, 15) is 18.0 Å². The zero-order chi connectivity index (χ0) is 18.5. The summed E-state index contributed by atoms with van der Waals surface area (Å²) < 4.78 is 42.2. The van der Waals surface area contributed by atoms with Crippen LogP contribution in [-0.2, 0) is 6.18 Å². The summed E-state index contributed by atoms with van der Waals surface area (Å²) in [5.74, 6) is 0.315. The molecule has 0 atom stereocenters. The fourth-order valence-electron chi connectivity index (χ4n) is 2.70. The van der Waals surface area contributed by atoms with Gasteiger partial charge in [-0.3, -0.25) is 9.36 Å². The molecule has 132 valence electrons. The first kappa shape index (κ1) is 16.6. The fourth-order valence-corrected chi connectivity index (χ4v) is 3.04. The molecule has 0 aliphatic carbocycles. The van der Waals surface area contributed by atoms with Gasteiger partial charge in [-0.25, -0.2) is 4.98 Å². The SMILES string of the molecule is CSc1nc2ncc3c(=O)n(-c4ccccc4C(F)(F)F)ccc3n2n1. The minimum Gasteiger partial charge on any atom is -0.283 e. The predicted octanol–water partition coefficient (Wildman–Crippen LogP) is 3.17. The molecule has 3 aromatic heterocycles. The highest BCUT2D eigenvalue weighted by Crippen LogP contribution is 2.33. The van der Waals surface area contributed by atoms with Gasteiger partial charge in [-0.2, -0.15) is 22.7 Å². The standard InChI is InChI=1S/C16H10F3N5OS/c1-26-15-21-14-20-8-9-11(24(14)22-15)6-7-23(13(9)25)12-5-3-2-4-10(12)16(17,18)19/h2-8H,1H3. The van der Waals surface area contributed by atoms with Crippen molar-refractivity contribution in [2.24, 2.45) is 0 Å². The van der Waals surface area contributed by atoms with Crippen LogP contribution in [0.4, 0.5) is 13.2 Å². The van der Waals surface area contributed by atoms with Crippen molar-refractivity contribution in [3.8, 4) is 5.69 Å². The predicted molar refractivity (Wildman–Crippen MR) is 90.7 cm³/mol. The van der Waals surface area contributed by atoms with Crippen molar-refractivity contribution in [2.45, 2.75) is 11.3 Å². The Morgan fingerprint density at radius 1 is 1.15 bits per heavy atom. The Hall–Kier alpha value is -2.88. The molecule has 0 spiro atoms. The Balaban J connectivity index is 2.01. The van der Waals surface area contributed by atoms with E-state index < -0.39 is 17.3 Å². The third kappa shape index (κ3) is 2.53. The molecule has 0 N–H and O–H groups in total. The zero-order valence-electron chi connectivity index (χ0n) is 13.2. The molecule has 4 aromatic rings. The molecule has 4 rings (SSSR count). The van der Waals surface area contributed by atoms with Crippen LogP contribution in [0.5, 0.6) is 0 Å². The highest BCUT2D eigenvalue weighted by molar-refractivity contribution is 7.98. The summed E-state index contributed by atoms with van der Waals surface area (Å²) in [6.45, 7) is 0. The van der Waals surface area contributed by atoms with Crippen LogP contribution in [0.1, 0.15) is 5.56 Å². The third-order valence-corrected chi connectivity index (χ3v) is 4.40. The number of pyridine rings is 1. The first-order valence-corrected chi connectivity index (χ1v) is 8.60. The Morgan fingerprint density at radius 2 is 1.92 bits per heavy atom. The first-order chi connectivity index (χ1) is 12.4. The lowest BCUT2D eigenvalue weighted by molar-refractivity contribution is -0.137. The molecule has 0 bridgehead atoms. The molecule has 0 fully saturated rings. The summed E-state index contributed by atoms with van der Waals surface area (Å²) in [4.78, 5) is 21.1. The second kappa shape index (κ2) is 5.84. The highest BCUT2D eigenvalue weighted by Gasteiger charge is 2.34. The summed E-state index contributed by atoms with van der Waals surface area (Å²) >= 11 is 1.32. The maximum Gasteiger partial charge on any atom is 0.418 e. The topological polar surface area (TPSA) is 65.1 Å². The van der Waals surface area contributed by atoms with Gasteiger partial charge in [-0.15, -0.1) is 5.10 Å². The normalized spacial score (nSPS) is 12.2. The minimum absolute atomic E-state index is 0.148. The van der Waals surface area contributed by atoms with E-state index in [1.54, 1.807) is 6.26 Å². The average Bonchev–Trinajstić information content (AvgIpc) is 3.05. The lowest BCUT2D eigenvalue weighted by Crippen LogP contribution is -2.22. The van der Waals surface area contributed by atoms with Gasteiger partial charge in [0.05, 0.1) is 22.2 Å². The Bertz CT molecular complexity index is 1200. The molecular formula is C16H10F3N5OS. The van der Waals surface area contributed by atoms with Crippen LogP contribution in [0.15, 0.2) is 52.7 Å². The van der Waals surface area contributed by atoms with Crippen molar-refractivity contribution in [1.29, 1.82) is 0 Å². The van der Waals surface area contributed by atoms with Crippen LogP contribution < -0.4 is 5.56 Å². The maximum absolute atomic E-state index is 13.3. The molecule has 26 heavy (non-hydrogen) atoms. The van der Waals surface area contributed by atoms with E-state index in [4.69, 9.17) is 0 Å². The number of hydrogen-bond donors (Lipinski definition) is 0. The van der Waals surface area contributed by atoms with Crippen LogP contribution in [0.25, 0.3) is 22.4 Å². The summed E-state index contributed by atoms with van der Waals surface area (Å²) in [5, 5.41) is 4.87. The van der Waals surface area contributed by atoms with Crippen LogP contribution in [0, 0.1) is 0 Å². The molecule has 0 radical (unpaired) electrons.